The van der Waals surface area contributed by atoms with Gasteiger partial charge in [-0.05, 0) is 57.8 Å². The van der Waals surface area contributed by atoms with Gasteiger partial charge in [-0.25, -0.2) is 0 Å². The minimum atomic E-state index is -0.792. The lowest BCUT2D eigenvalue weighted by molar-refractivity contribution is -0.167. The Balaban J connectivity index is 4.44. The average Bonchev–Trinajstić information content (AvgIpc) is 3.26. The summed E-state index contributed by atoms with van der Waals surface area (Å²) in [4.78, 5) is 37.9. The molecule has 0 heterocycles. The summed E-state index contributed by atoms with van der Waals surface area (Å²) in [7, 11) is 0. The van der Waals surface area contributed by atoms with E-state index >= 15 is 0 Å². The third kappa shape index (κ3) is 48.0. The van der Waals surface area contributed by atoms with Crippen LogP contribution in [0.1, 0.15) is 252 Å². The van der Waals surface area contributed by atoms with Gasteiger partial charge < -0.3 is 14.2 Å². The summed E-state index contributed by atoms with van der Waals surface area (Å²) in [6.07, 6.45) is 60.6. The molecular weight excluding hydrogens is 757 g/mol. The predicted octanol–water partition coefficient (Wildman–Crippen LogP) is 16.9. The topological polar surface area (TPSA) is 78.9 Å². The van der Waals surface area contributed by atoms with Crippen LogP contribution >= 0.6 is 0 Å². The molecule has 0 fully saturated rings. The number of esters is 3. The molecule has 1 atom stereocenters. The lowest BCUT2D eigenvalue weighted by Crippen LogP contribution is -2.30. The molecule has 0 N–H and O–H groups in total. The van der Waals surface area contributed by atoms with Crippen LogP contribution in [0.25, 0.3) is 0 Å². The zero-order valence-corrected chi connectivity index (χ0v) is 40.2. The third-order valence-corrected chi connectivity index (χ3v) is 11.0. The molecule has 0 aliphatic heterocycles. The number of carbonyl (C=O) groups excluding carboxylic acids is 3. The molecule has 0 unspecified atom stereocenters. The molecule has 0 aromatic carbocycles. The Hall–Kier alpha value is -2.89. The van der Waals surface area contributed by atoms with E-state index < -0.39 is 6.10 Å². The van der Waals surface area contributed by atoms with Crippen molar-refractivity contribution in [2.24, 2.45) is 0 Å². The van der Waals surface area contributed by atoms with Crippen LogP contribution in [0.4, 0.5) is 0 Å². The molecule has 0 amide bonds. The van der Waals surface area contributed by atoms with Crippen LogP contribution in [-0.4, -0.2) is 37.2 Å². The molecule has 0 spiro atoms. The second kappa shape index (κ2) is 49.8. The summed E-state index contributed by atoms with van der Waals surface area (Å²) >= 11 is 0. The lowest BCUT2D eigenvalue weighted by Gasteiger charge is -2.18. The van der Waals surface area contributed by atoms with Crippen LogP contribution in [-0.2, 0) is 28.6 Å². The highest BCUT2D eigenvalue weighted by Crippen LogP contribution is 2.15. The van der Waals surface area contributed by atoms with Crippen molar-refractivity contribution in [1.82, 2.24) is 0 Å². The van der Waals surface area contributed by atoms with Gasteiger partial charge in [0.25, 0.3) is 0 Å². The van der Waals surface area contributed by atoms with Crippen LogP contribution in [0.2, 0.25) is 0 Å². The van der Waals surface area contributed by atoms with Crippen LogP contribution in [0, 0.1) is 0 Å². The highest BCUT2D eigenvalue weighted by molar-refractivity contribution is 5.71. The summed E-state index contributed by atoms with van der Waals surface area (Å²) in [5, 5.41) is 0. The normalized spacial score (nSPS) is 12.5. The fraction of sp³-hybridized carbons (Fsp3) is 0.764. The molecule has 0 aromatic rings. The molecule has 6 heteroatoms. The molecule has 0 saturated heterocycles. The SMILES string of the molecule is CC/C=C\C/C=C\C/C=C\C/C=C\C/C=C\CCCC(=O)OC[C@@H](COC(=O)CCCCCCCCCCCCC)OC(=O)CCCCCCCCCCCCCCCCC. The highest BCUT2D eigenvalue weighted by Gasteiger charge is 2.19. The first kappa shape index (κ1) is 58.1. The second-order valence-corrected chi connectivity index (χ2v) is 17.1. The zero-order chi connectivity index (χ0) is 44.4. The summed E-state index contributed by atoms with van der Waals surface area (Å²) in [5.74, 6) is -0.943. The fourth-order valence-corrected chi connectivity index (χ4v) is 7.18. The monoisotopic (exact) mass is 853 g/mol. The molecule has 0 radical (unpaired) electrons. The molecule has 0 bridgehead atoms. The van der Waals surface area contributed by atoms with E-state index in [1.165, 1.54) is 128 Å². The Morgan fingerprint density at radius 3 is 1.00 bits per heavy atom. The third-order valence-electron chi connectivity index (χ3n) is 11.0. The number of hydrogen-bond donors (Lipinski definition) is 0. The fourth-order valence-electron chi connectivity index (χ4n) is 7.18. The molecular formula is C55H96O6. The number of hydrogen-bond acceptors (Lipinski definition) is 6. The molecule has 0 aliphatic rings. The Morgan fingerprint density at radius 1 is 0.344 bits per heavy atom. The Bertz CT molecular complexity index is 1120. The molecule has 0 aromatic heterocycles. The van der Waals surface area contributed by atoms with Gasteiger partial charge in [0.05, 0.1) is 0 Å². The van der Waals surface area contributed by atoms with Crippen molar-refractivity contribution in [3.05, 3.63) is 60.8 Å². The standard InChI is InChI=1S/C55H96O6/c1-4-7-10-13-16-19-22-24-26-27-29-30-33-36-39-42-45-48-54(57)60-51-52(50-59-53(56)47-44-41-38-35-32-21-18-15-12-9-6-3)61-55(58)49-46-43-40-37-34-31-28-25-23-20-17-14-11-8-5-2/h7,10,16,19,24,26,29-30,36,39,52H,4-6,8-9,11-15,17-18,20-23,25,27-28,31-35,37-38,40-51H2,1-3H3/b10-7-,19-16-,26-24-,30-29-,39-36-/t52-/m1/s1. The van der Waals surface area contributed by atoms with Crippen molar-refractivity contribution in [3.63, 3.8) is 0 Å². The number of carbonyl (C=O) groups is 3. The first-order valence-electron chi connectivity index (χ1n) is 25.8. The van der Waals surface area contributed by atoms with Crippen LogP contribution in [0.3, 0.4) is 0 Å². The molecule has 0 aliphatic carbocycles. The van der Waals surface area contributed by atoms with E-state index in [0.717, 1.165) is 77.0 Å². The molecule has 6 nitrogen and oxygen atoms in total. The minimum Gasteiger partial charge on any atom is -0.462 e. The van der Waals surface area contributed by atoms with Gasteiger partial charge in [0.2, 0.25) is 0 Å². The highest BCUT2D eigenvalue weighted by atomic mass is 16.6. The van der Waals surface area contributed by atoms with E-state index in [1.807, 2.05) is 0 Å². The number of ether oxygens (including phenoxy) is 3. The van der Waals surface area contributed by atoms with Crippen molar-refractivity contribution in [2.45, 2.75) is 258 Å². The van der Waals surface area contributed by atoms with Crippen LogP contribution in [0.5, 0.6) is 0 Å². The van der Waals surface area contributed by atoms with Gasteiger partial charge in [-0.3, -0.25) is 14.4 Å². The minimum absolute atomic E-state index is 0.0885. The van der Waals surface area contributed by atoms with Crippen molar-refractivity contribution >= 4 is 17.9 Å². The van der Waals surface area contributed by atoms with Crippen LogP contribution in [0.15, 0.2) is 60.8 Å². The average molecular weight is 853 g/mol. The first-order chi connectivity index (χ1) is 30.0. The van der Waals surface area contributed by atoms with E-state index in [-0.39, 0.29) is 37.5 Å². The Morgan fingerprint density at radius 2 is 0.639 bits per heavy atom. The van der Waals surface area contributed by atoms with Gasteiger partial charge in [-0.15, -0.1) is 0 Å². The van der Waals surface area contributed by atoms with E-state index in [9.17, 15) is 14.4 Å². The number of rotatable bonds is 46. The van der Waals surface area contributed by atoms with Gasteiger partial charge >= 0.3 is 17.9 Å². The number of allylic oxidation sites excluding steroid dienone is 10. The van der Waals surface area contributed by atoms with E-state index in [1.54, 1.807) is 0 Å². The molecule has 61 heavy (non-hydrogen) atoms. The predicted molar refractivity (Wildman–Crippen MR) is 261 cm³/mol. The van der Waals surface area contributed by atoms with Crippen molar-refractivity contribution in [2.75, 3.05) is 13.2 Å². The maximum absolute atomic E-state index is 12.8. The second-order valence-electron chi connectivity index (χ2n) is 17.1. The molecule has 352 valence electrons. The summed E-state index contributed by atoms with van der Waals surface area (Å²) < 4.78 is 16.7. The van der Waals surface area contributed by atoms with Gasteiger partial charge in [0, 0.05) is 19.3 Å². The lowest BCUT2D eigenvalue weighted by atomic mass is 10.0. The van der Waals surface area contributed by atoms with Crippen LogP contribution < -0.4 is 0 Å². The van der Waals surface area contributed by atoms with E-state index in [0.29, 0.717) is 19.3 Å². The largest absolute Gasteiger partial charge is 0.462 e. The van der Waals surface area contributed by atoms with E-state index in [2.05, 4.69) is 81.5 Å². The van der Waals surface area contributed by atoms with Crippen molar-refractivity contribution in [3.8, 4) is 0 Å². The van der Waals surface area contributed by atoms with Crippen molar-refractivity contribution in [1.29, 1.82) is 0 Å². The summed E-state index contributed by atoms with van der Waals surface area (Å²) in [5.41, 5.74) is 0. The van der Waals surface area contributed by atoms with E-state index in [4.69, 9.17) is 14.2 Å². The Labute approximate surface area is 377 Å². The van der Waals surface area contributed by atoms with Crippen molar-refractivity contribution < 1.29 is 28.6 Å². The van der Waals surface area contributed by atoms with Gasteiger partial charge in [-0.1, -0.05) is 236 Å². The quantitative estimate of drug-likeness (QED) is 0.0263. The first-order valence-corrected chi connectivity index (χ1v) is 25.8. The number of unbranched alkanes of at least 4 members (excludes halogenated alkanes) is 25. The van der Waals surface area contributed by atoms with Gasteiger partial charge in [-0.2, -0.15) is 0 Å². The smallest absolute Gasteiger partial charge is 0.306 e. The maximum atomic E-state index is 12.8. The zero-order valence-electron chi connectivity index (χ0n) is 40.2. The summed E-state index contributed by atoms with van der Waals surface area (Å²) in [6.45, 7) is 6.48. The molecule has 0 saturated carbocycles. The molecule has 0 rings (SSSR count). The maximum Gasteiger partial charge on any atom is 0.306 e. The summed E-state index contributed by atoms with van der Waals surface area (Å²) in [6, 6.07) is 0. The van der Waals surface area contributed by atoms with Gasteiger partial charge in [0.1, 0.15) is 13.2 Å². The van der Waals surface area contributed by atoms with Gasteiger partial charge in [0.15, 0.2) is 6.10 Å². The Kier molecular flexibility index (Phi) is 47.4.